The van der Waals surface area contributed by atoms with Gasteiger partial charge in [-0.25, -0.2) is 12.8 Å². The van der Waals surface area contributed by atoms with Crippen molar-refractivity contribution in [3.63, 3.8) is 0 Å². The minimum absolute atomic E-state index is 0.0477. The Balaban J connectivity index is 2.43. The molecule has 8 heteroatoms. The van der Waals surface area contributed by atoms with Crippen molar-refractivity contribution in [2.45, 2.75) is 11.0 Å². The largest absolute Gasteiger partial charge is 0.396 e. The molecular formula is C9H10BrFN2O3S. The van der Waals surface area contributed by atoms with E-state index in [9.17, 15) is 12.8 Å². The summed E-state index contributed by atoms with van der Waals surface area (Å²) in [6.07, 6.45) is -0.638. The predicted molar refractivity (Wildman–Crippen MR) is 63.3 cm³/mol. The number of nitrogens with zero attached hydrogens (tertiary/aromatic N) is 1. The van der Waals surface area contributed by atoms with Crippen LogP contribution in [0.3, 0.4) is 0 Å². The summed E-state index contributed by atoms with van der Waals surface area (Å²) in [6, 6.07) is 2.08. The first-order valence-corrected chi connectivity index (χ1v) is 6.98. The van der Waals surface area contributed by atoms with Crippen molar-refractivity contribution >= 4 is 31.6 Å². The third kappa shape index (κ3) is 2.17. The van der Waals surface area contributed by atoms with Gasteiger partial charge in [0.2, 0.25) is 10.0 Å². The molecule has 0 aliphatic carbocycles. The predicted octanol–water partition coefficient (Wildman–Crippen LogP) is 0.536. The zero-order chi connectivity index (χ0) is 12.8. The summed E-state index contributed by atoms with van der Waals surface area (Å²) in [5.74, 6) is -0.681. The monoisotopic (exact) mass is 324 g/mol. The summed E-state index contributed by atoms with van der Waals surface area (Å²) >= 11 is 2.99. The fourth-order valence-electron chi connectivity index (χ4n) is 1.49. The Hall–Kier alpha value is -0.700. The van der Waals surface area contributed by atoms with Crippen molar-refractivity contribution in [2.24, 2.45) is 0 Å². The number of nitrogen functional groups attached to an aromatic ring is 1. The molecule has 1 saturated heterocycles. The highest BCUT2D eigenvalue weighted by Gasteiger charge is 2.36. The van der Waals surface area contributed by atoms with E-state index in [1.54, 1.807) is 0 Å². The minimum Gasteiger partial charge on any atom is -0.396 e. The molecule has 1 aliphatic rings. The Morgan fingerprint density at radius 2 is 2.06 bits per heavy atom. The van der Waals surface area contributed by atoms with Crippen LogP contribution in [0, 0.1) is 5.82 Å². The fourth-order valence-corrected chi connectivity index (χ4v) is 4.02. The molecular weight excluding hydrogens is 315 g/mol. The maximum absolute atomic E-state index is 13.1. The highest BCUT2D eigenvalue weighted by molar-refractivity contribution is 9.10. The molecule has 1 heterocycles. The number of rotatable bonds is 2. The first-order valence-electron chi connectivity index (χ1n) is 4.75. The number of sulfonamides is 1. The van der Waals surface area contributed by atoms with Gasteiger partial charge in [0.15, 0.2) is 0 Å². The van der Waals surface area contributed by atoms with Crippen LogP contribution >= 0.6 is 15.9 Å². The lowest BCUT2D eigenvalue weighted by Crippen LogP contribution is -2.53. The van der Waals surface area contributed by atoms with Crippen molar-refractivity contribution in [3.05, 3.63) is 22.4 Å². The zero-order valence-electron chi connectivity index (χ0n) is 8.60. The van der Waals surface area contributed by atoms with E-state index in [0.29, 0.717) is 0 Å². The maximum Gasteiger partial charge on any atom is 0.244 e. The van der Waals surface area contributed by atoms with Gasteiger partial charge in [-0.15, -0.1) is 0 Å². The molecule has 0 saturated carbocycles. The summed E-state index contributed by atoms with van der Waals surface area (Å²) in [5.41, 5.74) is 5.12. The molecule has 17 heavy (non-hydrogen) atoms. The molecule has 0 aromatic heterocycles. The highest BCUT2D eigenvalue weighted by atomic mass is 79.9. The van der Waals surface area contributed by atoms with Crippen LogP contribution < -0.4 is 5.73 Å². The first kappa shape index (κ1) is 12.7. The SMILES string of the molecule is Nc1cc(S(=O)(=O)N2CC(O)C2)c(Br)cc1F. The van der Waals surface area contributed by atoms with Crippen LogP contribution in [0.25, 0.3) is 0 Å². The lowest BCUT2D eigenvalue weighted by molar-refractivity contribution is 0.0547. The number of hydrogen-bond donors (Lipinski definition) is 2. The first-order chi connectivity index (χ1) is 7.82. The van der Waals surface area contributed by atoms with Crippen LogP contribution in [-0.4, -0.2) is 37.0 Å². The molecule has 0 radical (unpaired) electrons. The van der Waals surface area contributed by atoms with Crippen LogP contribution in [0.15, 0.2) is 21.5 Å². The minimum atomic E-state index is -3.73. The van der Waals surface area contributed by atoms with E-state index in [2.05, 4.69) is 15.9 Å². The summed E-state index contributed by atoms with van der Waals surface area (Å²) in [5, 5.41) is 9.09. The van der Waals surface area contributed by atoms with Gasteiger partial charge in [0, 0.05) is 17.6 Å². The quantitative estimate of drug-likeness (QED) is 0.777. The number of anilines is 1. The molecule has 5 nitrogen and oxygen atoms in total. The lowest BCUT2D eigenvalue weighted by atomic mass is 10.2. The van der Waals surface area contributed by atoms with Gasteiger partial charge in [-0.3, -0.25) is 0 Å². The second kappa shape index (κ2) is 4.20. The van der Waals surface area contributed by atoms with E-state index in [0.717, 1.165) is 16.4 Å². The summed E-state index contributed by atoms with van der Waals surface area (Å²) in [7, 11) is -3.73. The van der Waals surface area contributed by atoms with E-state index in [1.807, 2.05) is 0 Å². The van der Waals surface area contributed by atoms with Crippen molar-refractivity contribution in [1.29, 1.82) is 0 Å². The van der Waals surface area contributed by atoms with Gasteiger partial charge in [0.05, 0.1) is 16.7 Å². The smallest absolute Gasteiger partial charge is 0.244 e. The van der Waals surface area contributed by atoms with Crippen LogP contribution in [0.2, 0.25) is 0 Å². The zero-order valence-corrected chi connectivity index (χ0v) is 11.0. The topological polar surface area (TPSA) is 83.6 Å². The second-order valence-corrected chi connectivity index (χ2v) is 6.54. The van der Waals surface area contributed by atoms with Gasteiger partial charge in [-0.05, 0) is 28.1 Å². The Kier molecular flexibility index (Phi) is 3.15. The third-order valence-corrected chi connectivity index (χ3v) is 5.29. The molecule has 0 spiro atoms. The molecule has 0 unspecified atom stereocenters. The van der Waals surface area contributed by atoms with Gasteiger partial charge >= 0.3 is 0 Å². The highest BCUT2D eigenvalue weighted by Crippen LogP contribution is 2.30. The molecule has 1 aliphatic heterocycles. The van der Waals surface area contributed by atoms with Crippen LogP contribution in [-0.2, 0) is 10.0 Å². The number of aliphatic hydroxyl groups excluding tert-OH is 1. The van der Waals surface area contributed by atoms with Gasteiger partial charge in [0.1, 0.15) is 5.82 Å². The van der Waals surface area contributed by atoms with Crippen LogP contribution in [0.5, 0.6) is 0 Å². The van der Waals surface area contributed by atoms with Gasteiger partial charge < -0.3 is 10.8 Å². The molecule has 0 atom stereocenters. The number of aliphatic hydroxyl groups is 1. The average molecular weight is 325 g/mol. The Bertz CT molecular complexity index is 558. The van der Waals surface area contributed by atoms with Crippen molar-refractivity contribution in [2.75, 3.05) is 18.8 Å². The van der Waals surface area contributed by atoms with Crippen molar-refractivity contribution in [3.8, 4) is 0 Å². The molecule has 0 amide bonds. The van der Waals surface area contributed by atoms with Gasteiger partial charge in [0.25, 0.3) is 0 Å². The van der Waals surface area contributed by atoms with E-state index < -0.39 is 21.9 Å². The molecule has 1 aromatic carbocycles. The number of halogens is 2. The summed E-state index contributed by atoms with van der Waals surface area (Å²) in [4.78, 5) is -0.0942. The van der Waals surface area contributed by atoms with E-state index >= 15 is 0 Å². The average Bonchev–Trinajstić information content (AvgIpc) is 2.18. The third-order valence-electron chi connectivity index (χ3n) is 2.50. The molecule has 0 bridgehead atoms. The summed E-state index contributed by atoms with van der Waals surface area (Å²) in [6.45, 7) is 0.0953. The fraction of sp³-hybridized carbons (Fsp3) is 0.333. The lowest BCUT2D eigenvalue weighted by Gasteiger charge is -2.34. The standard InChI is InChI=1S/C9H10BrFN2O3S/c10-6-1-7(11)8(12)2-9(6)17(15,16)13-3-5(14)4-13/h1-2,5,14H,3-4,12H2. The molecule has 2 rings (SSSR count). The van der Waals surface area contributed by atoms with E-state index in [-0.39, 0.29) is 28.1 Å². The second-order valence-electron chi connectivity index (χ2n) is 3.78. The van der Waals surface area contributed by atoms with Crippen LogP contribution in [0.1, 0.15) is 0 Å². The molecule has 1 aromatic rings. The Labute approximate surface area is 106 Å². The Morgan fingerprint density at radius 3 is 2.59 bits per heavy atom. The van der Waals surface area contributed by atoms with Crippen LogP contribution in [0.4, 0.5) is 10.1 Å². The van der Waals surface area contributed by atoms with Gasteiger partial charge in [-0.2, -0.15) is 4.31 Å². The van der Waals surface area contributed by atoms with Crippen molar-refractivity contribution in [1.82, 2.24) is 4.31 Å². The van der Waals surface area contributed by atoms with Gasteiger partial charge in [-0.1, -0.05) is 0 Å². The van der Waals surface area contributed by atoms with Crippen molar-refractivity contribution < 1.29 is 17.9 Å². The summed E-state index contributed by atoms with van der Waals surface area (Å²) < 4.78 is 38.4. The maximum atomic E-state index is 13.1. The number of nitrogens with two attached hydrogens (primary N) is 1. The number of hydrogen-bond acceptors (Lipinski definition) is 4. The molecule has 1 fully saturated rings. The molecule has 3 N–H and O–H groups in total. The number of β-amino-alcohol motifs (C(OH)–C–C–N with tert-alkyl or cyclic N) is 1. The molecule has 94 valence electrons. The number of benzene rings is 1. The Morgan fingerprint density at radius 1 is 1.47 bits per heavy atom. The van der Waals surface area contributed by atoms with E-state index in [1.165, 1.54) is 0 Å². The normalized spacial score (nSPS) is 18.1. The van der Waals surface area contributed by atoms with E-state index in [4.69, 9.17) is 10.8 Å².